The number of fused-ring (bicyclic) bond motifs is 1. The number of rotatable bonds is 10. The number of aromatic nitrogens is 3. The Morgan fingerprint density at radius 2 is 1.81 bits per heavy atom. The molecule has 0 spiro atoms. The van der Waals surface area contributed by atoms with Crippen molar-refractivity contribution in [3.63, 3.8) is 0 Å². The van der Waals surface area contributed by atoms with Crippen LogP contribution in [0.3, 0.4) is 0 Å². The van der Waals surface area contributed by atoms with E-state index in [2.05, 4.69) is 5.16 Å². The first kappa shape index (κ1) is 26.3. The largest absolute Gasteiger partial charge is 0.335 e. The van der Waals surface area contributed by atoms with Gasteiger partial charge in [-0.1, -0.05) is 74.0 Å². The van der Waals surface area contributed by atoms with E-state index in [0.717, 1.165) is 11.1 Å². The lowest BCUT2D eigenvalue weighted by molar-refractivity contribution is 0.0655. The normalized spacial score (nSPS) is 12.3. The zero-order chi connectivity index (χ0) is 26.5. The van der Waals surface area contributed by atoms with Gasteiger partial charge in [0.25, 0.3) is 17.2 Å². The summed E-state index contributed by atoms with van der Waals surface area (Å²) < 4.78 is 7.23. The molecule has 2 N–H and O–H groups in total. The van der Waals surface area contributed by atoms with Gasteiger partial charge in [0, 0.05) is 12.1 Å². The van der Waals surface area contributed by atoms with Gasteiger partial charge in [-0.2, -0.15) is 4.98 Å². The van der Waals surface area contributed by atoms with Gasteiger partial charge in [-0.15, -0.1) is 0 Å². The van der Waals surface area contributed by atoms with Crippen LogP contribution in [0, 0.1) is 6.92 Å². The highest BCUT2D eigenvalue weighted by Gasteiger charge is 2.31. The van der Waals surface area contributed by atoms with Crippen LogP contribution < -0.4 is 11.3 Å². The molecule has 2 aromatic heterocycles. The third-order valence-electron chi connectivity index (χ3n) is 6.61. The molecule has 0 saturated carbocycles. The van der Waals surface area contributed by atoms with Crippen molar-refractivity contribution in [1.82, 2.24) is 19.6 Å². The summed E-state index contributed by atoms with van der Waals surface area (Å²) in [4.78, 5) is 34.4. The molecule has 1 amide bonds. The molecular weight excluding hydrogens is 466 g/mol. The third-order valence-corrected chi connectivity index (χ3v) is 6.61. The van der Waals surface area contributed by atoms with E-state index in [0.29, 0.717) is 54.9 Å². The molecule has 0 aliphatic heterocycles. The lowest BCUT2D eigenvalue weighted by Crippen LogP contribution is -2.40. The summed E-state index contributed by atoms with van der Waals surface area (Å²) in [7, 11) is 0. The number of amides is 1. The first-order valence-electron chi connectivity index (χ1n) is 12.9. The molecule has 0 bridgehead atoms. The maximum Gasteiger partial charge on any atom is 0.267 e. The Morgan fingerprint density at radius 1 is 1.11 bits per heavy atom. The van der Waals surface area contributed by atoms with Crippen molar-refractivity contribution in [2.75, 3.05) is 13.1 Å². The summed E-state index contributed by atoms with van der Waals surface area (Å²) in [6, 6.07) is 16.8. The number of benzene rings is 2. The Bertz CT molecular complexity index is 1410. The van der Waals surface area contributed by atoms with Gasteiger partial charge >= 0.3 is 0 Å². The van der Waals surface area contributed by atoms with E-state index in [1.165, 1.54) is 0 Å². The summed E-state index contributed by atoms with van der Waals surface area (Å²) in [6.07, 6.45) is 1.18. The molecule has 194 valence electrons. The van der Waals surface area contributed by atoms with Gasteiger partial charge < -0.3 is 15.2 Å². The molecule has 0 radical (unpaired) electrons. The van der Waals surface area contributed by atoms with Gasteiger partial charge in [-0.3, -0.25) is 14.2 Å². The number of nitrogens with zero attached hydrogens (tertiary/aromatic N) is 4. The minimum Gasteiger partial charge on any atom is -0.335 e. The lowest BCUT2D eigenvalue weighted by atomic mass is 10.1. The summed E-state index contributed by atoms with van der Waals surface area (Å²) in [5.74, 6) is 0.354. The fourth-order valence-electron chi connectivity index (χ4n) is 4.61. The highest BCUT2D eigenvalue weighted by molar-refractivity contribution is 5.94. The van der Waals surface area contributed by atoms with Crippen molar-refractivity contribution in [3.8, 4) is 0 Å². The first-order chi connectivity index (χ1) is 17.8. The number of nitrogens with two attached hydrogens (primary N) is 1. The molecule has 1 atom stereocenters. The molecule has 0 saturated heterocycles. The fraction of sp³-hybridized carbons (Fsp3) is 0.379. The van der Waals surface area contributed by atoms with Crippen molar-refractivity contribution in [3.05, 3.63) is 93.2 Å². The zero-order valence-electron chi connectivity index (χ0n) is 22.0. The SMILES string of the molecule is CCC(c1nc2onc(C(C)C)c2c(=O)n1Cc1ccccc1)N(CCCN)C(=O)c1ccc(C)cc1. The first-order valence-corrected chi connectivity index (χ1v) is 12.9. The second-order valence-corrected chi connectivity index (χ2v) is 9.68. The molecule has 0 aliphatic rings. The summed E-state index contributed by atoms with van der Waals surface area (Å²) in [5.41, 5.74) is 9.04. The summed E-state index contributed by atoms with van der Waals surface area (Å²) in [5, 5.41) is 4.56. The van der Waals surface area contributed by atoms with Crippen LogP contribution in [0.1, 0.15) is 78.6 Å². The molecular formula is C29H35N5O3. The fourth-order valence-corrected chi connectivity index (χ4v) is 4.61. The number of carbonyl (C=O) groups excluding carboxylic acids is 1. The van der Waals surface area contributed by atoms with Crippen LogP contribution in [-0.4, -0.2) is 38.6 Å². The molecule has 8 nitrogen and oxygen atoms in total. The van der Waals surface area contributed by atoms with Crippen molar-refractivity contribution in [2.45, 2.75) is 59.0 Å². The average Bonchev–Trinajstić information content (AvgIpc) is 3.34. The standard InChI is InChI=1S/C29H35N5O3/c1-5-23(33(17-9-16-30)28(35)22-14-12-20(4)13-15-22)26-31-27-24(25(19(2)3)32-37-27)29(36)34(26)18-21-10-7-6-8-11-21/h6-8,10-15,19,23H,5,9,16-18,30H2,1-4H3. The van der Waals surface area contributed by atoms with E-state index in [4.69, 9.17) is 15.2 Å². The quantitative estimate of drug-likeness (QED) is 0.334. The smallest absolute Gasteiger partial charge is 0.267 e. The molecule has 37 heavy (non-hydrogen) atoms. The van der Waals surface area contributed by atoms with Crippen molar-refractivity contribution >= 4 is 17.0 Å². The van der Waals surface area contributed by atoms with E-state index in [1.54, 1.807) is 9.47 Å². The zero-order valence-corrected chi connectivity index (χ0v) is 22.0. The number of carbonyl (C=O) groups is 1. The summed E-state index contributed by atoms with van der Waals surface area (Å²) in [6.45, 7) is 9.11. The Morgan fingerprint density at radius 3 is 2.43 bits per heavy atom. The van der Waals surface area contributed by atoms with Gasteiger partial charge in [0.15, 0.2) is 0 Å². The molecule has 0 fully saturated rings. The third kappa shape index (κ3) is 5.49. The van der Waals surface area contributed by atoms with Gasteiger partial charge in [0.05, 0.1) is 12.6 Å². The second kappa shape index (κ2) is 11.5. The lowest BCUT2D eigenvalue weighted by Gasteiger charge is -2.32. The Labute approximate surface area is 217 Å². The number of hydrogen-bond donors (Lipinski definition) is 1. The maximum absolute atomic E-state index is 14.0. The highest BCUT2D eigenvalue weighted by Crippen LogP contribution is 2.28. The average molecular weight is 502 g/mol. The predicted molar refractivity (Wildman–Crippen MR) is 145 cm³/mol. The molecule has 4 aromatic rings. The van der Waals surface area contributed by atoms with E-state index in [-0.39, 0.29) is 23.1 Å². The molecule has 4 rings (SSSR count). The van der Waals surface area contributed by atoms with Crippen LogP contribution in [0.2, 0.25) is 0 Å². The van der Waals surface area contributed by atoms with E-state index in [1.807, 2.05) is 82.3 Å². The molecule has 0 aliphatic carbocycles. The summed E-state index contributed by atoms with van der Waals surface area (Å²) >= 11 is 0. The van der Waals surface area contributed by atoms with E-state index >= 15 is 0 Å². The number of aryl methyl sites for hydroxylation is 1. The molecule has 2 heterocycles. The van der Waals surface area contributed by atoms with Crippen LogP contribution in [0.4, 0.5) is 0 Å². The minimum atomic E-state index is -0.464. The molecule has 2 aromatic carbocycles. The Hall–Kier alpha value is -3.78. The van der Waals surface area contributed by atoms with Crippen LogP contribution in [0.15, 0.2) is 63.9 Å². The van der Waals surface area contributed by atoms with Crippen LogP contribution in [0.25, 0.3) is 11.1 Å². The molecule has 8 heteroatoms. The van der Waals surface area contributed by atoms with Crippen molar-refractivity contribution in [1.29, 1.82) is 0 Å². The van der Waals surface area contributed by atoms with Gasteiger partial charge in [0.1, 0.15) is 16.9 Å². The number of hydrogen-bond acceptors (Lipinski definition) is 6. The Balaban J connectivity index is 1.90. The second-order valence-electron chi connectivity index (χ2n) is 9.68. The van der Waals surface area contributed by atoms with Crippen LogP contribution in [-0.2, 0) is 6.54 Å². The molecule has 1 unspecified atom stereocenters. The highest BCUT2D eigenvalue weighted by atomic mass is 16.5. The van der Waals surface area contributed by atoms with E-state index < -0.39 is 6.04 Å². The van der Waals surface area contributed by atoms with Gasteiger partial charge in [-0.05, 0) is 49.9 Å². The predicted octanol–water partition coefficient (Wildman–Crippen LogP) is 4.81. The van der Waals surface area contributed by atoms with Crippen LogP contribution >= 0.6 is 0 Å². The van der Waals surface area contributed by atoms with Crippen molar-refractivity contribution in [2.24, 2.45) is 5.73 Å². The van der Waals surface area contributed by atoms with Crippen molar-refractivity contribution < 1.29 is 9.32 Å². The van der Waals surface area contributed by atoms with E-state index in [9.17, 15) is 9.59 Å². The topological polar surface area (TPSA) is 107 Å². The Kier molecular flexibility index (Phi) is 8.18. The monoisotopic (exact) mass is 501 g/mol. The van der Waals surface area contributed by atoms with Gasteiger partial charge in [-0.25, -0.2) is 0 Å². The van der Waals surface area contributed by atoms with Gasteiger partial charge in [0.2, 0.25) is 0 Å². The minimum absolute atomic E-state index is 0.00193. The van der Waals surface area contributed by atoms with Crippen LogP contribution in [0.5, 0.6) is 0 Å². The maximum atomic E-state index is 14.0.